The fraction of sp³-hybridized carbons (Fsp3) is 0.300. The summed E-state index contributed by atoms with van der Waals surface area (Å²) >= 11 is 0. The minimum atomic E-state index is -3.67. The molecule has 0 N–H and O–H groups in total. The van der Waals surface area contributed by atoms with E-state index in [1.165, 1.54) is 11.0 Å². The molecule has 1 heterocycles. The smallest absolute Gasteiger partial charge is 0.762 e. The number of para-hydroxylation sites is 2. The number of benzene rings is 1. The molecule has 2 nitrogen and oxygen atoms in total. The monoisotopic (exact) mass is 250 g/mol. The average molecular weight is 250 g/mol. The Kier molecular flexibility index (Phi) is 8.09. The van der Waals surface area contributed by atoms with Crippen molar-refractivity contribution in [2.24, 2.45) is 14.1 Å². The molecule has 0 unspecified atom stereocenters. The number of nitrogens with zero attached hydrogens (tertiary/aromatic N) is 2. The highest BCUT2D eigenvalue weighted by atomic mass is 19.4. The van der Waals surface area contributed by atoms with Gasteiger partial charge in [-0.2, -0.15) is 0 Å². The van der Waals surface area contributed by atoms with E-state index in [-0.39, 0.29) is 12.1 Å². The van der Waals surface area contributed by atoms with Crippen molar-refractivity contribution in [1.82, 2.24) is 4.57 Å². The van der Waals surface area contributed by atoms with Gasteiger partial charge in [0.25, 0.3) is 0 Å². The lowest BCUT2D eigenvalue weighted by Crippen LogP contribution is -3.00. The summed E-state index contributed by atoms with van der Waals surface area (Å²) in [6.45, 7) is 0. The number of fused-ring (bicyclic) bond motifs is 1. The number of imidazole rings is 1. The highest BCUT2D eigenvalue weighted by molar-refractivity contribution is 6.33. The molecule has 0 aliphatic carbocycles. The van der Waals surface area contributed by atoms with E-state index < -0.39 is 7.54 Å². The van der Waals surface area contributed by atoms with Gasteiger partial charge in [0.15, 0.2) is 11.0 Å². The van der Waals surface area contributed by atoms with Crippen LogP contribution in [0.1, 0.15) is 7.43 Å². The second kappa shape index (κ2) is 7.70. The van der Waals surface area contributed by atoms with Gasteiger partial charge in [-0.1, -0.05) is 19.6 Å². The lowest BCUT2D eigenvalue weighted by Gasteiger charge is -1.84. The topological polar surface area (TPSA) is 8.81 Å². The summed E-state index contributed by atoms with van der Waals surface area (Å²) < 4.78 is 33.2. The molecule has 0 saturated carbocycles. The quantitative estimate of drug-likeness (QED) is 0.339. The van der Waals surface area contributed by atoms with Crippen LogP contribution in [0, 0.1) is 0 Å². The summed E-state index contributed by atoms with van der Waals surface area (Å²) in [5, 5.41) is 0. The van der Waals surface area contributed by atoms with E-state index in [9.17, 15) is 12.9 Å². The van der Waals surface area contributed by atoms with Gasteiger partial charge in [-0.25, -0.2) is 9.13 Å². The number of rotatable bonds is 0. The van der Waals surface area contributed by atoms with E-state index in [1.807, 2.05) is 0 Å². The molecule has 0 aliphatic rings. The first kappa shape index (κ1) is 17.9. The molecule has 17 heavy (non-hydrogen) atoms. The van der Waals surface area contributed by atoms with Crippen molar-refractivity contribution in [3.8, 4) is 0 Å². The van der Waals surface area contributed by atoms with Gasteiger partial charge in [0, 0.05) is 0 Å². The Morgan fingerprint density at radius 1 is 1.18 bits per heavy atom. The molecular formula is C10H15BF4N2. The zero-order valence-electron chi connectivity index (χ0n) is 8.87. The molecule has 1 aromatic carbocycles. The lowest BCUT2D eigenvalue weighted by molar-refractivity contribution is -0.645. The van der Waals surface area contributed by atoms with Crippen molar-refractivity contribution in [3.63, 3.8) is 0 Å². The maximum Gasteiger partial charge on any atom is 0.762 e. The van der Waals surface area contributed by atoms with Crippen LogP contribution in [0.15, 0.2) is 30.6 Å². The van der Waals surface area contributed by atoms with Gasteiger partial charge in [0.1, 0.15) is 0 Å². The van der Waals surface area contributed by atoms with Crippen LogP contribution in [0.4, 0.5) is 12.9 Å². The number of aromatic nitrogens is 2. The molecule has 0 radical (unpaired) electrons. The van der Waals surface area contributed by atoms with E-state index in [0.717, 1.165) is 0 Å². The van der Waals surface area contributed by atoms with E-state index in [2.05, 4.69) is 53.8 Å². The fourth-order valence-electron chi connectivity index (χ4n) is 1.44. The van der Waals surface area contributed by atoms with E-state index in [4.69, 9.17) is 0 Å². The zero-order chi connectivity index (χ0) is 11.4. The van der Waals surface area contributed by atoms with Crippen LogP contribution in [0.3, 0.4) is 0 Å². The summed E-state index contributed by atoms with van der Waals surface area (Å²) in [6.07, 6.45) is 2.07. The largest absolute Gasteiger partial charge is 1.00 e. The normalized spacial score (nSPS) is 8.53. The molecule has 0 amide bonds. The molecule has 0 atom stereocenters. The highest BCUT2D eigenvalue weighted by Crippen LogP contribution is 2.07. The summed E-state index contributed by atoms with van der Waals surface area (Å²) in [7, 11) is 0.449. The number of aryl methyl sites for hydroxylation is 2. The van der Waals surface area contributed by atoms with Gasteiger partial charge in [0.05, 0.1) is 14.1 Å². The average Bonchev–Trinajstić information content (AvgIpc) is 2.43. The van der Waals surface area contributed by atoms with Gasteiger partial charge in [-0.3, -0.25) is 12.9 Å². The Bertz CT molecular complexity index is 406. The van der Waals surface area contributed by atoms with Crippen LogP contribution in [0.5, 0.6) is 0 Å². The number of hydrogen-bond acceptors (Lipinski definition) is 0. The predicted molar refractivity (Wildman–Crippen MR) is 59.9 cm³/mol. The summed E-state index contributed by atoms with van der Waals surface area (Å²) in [6, 6.07) is 8.36. The Hall–Kier alpha value is -1.53. The molecule has 1 aromatic heterocycles. The standard InChI is InChI=1S/C9H11N2.CH4.BF3.FH/c1-10-7-11(2)9-6-4-3-5-8(9)10;;2-1(3)4;/h3-7H,1-2H3;1H4;;1H/q+1;;;/p-1. The van der Waals surface area contributed by atoms with Gasteiger partial charge in [0.2, 0.25) is 6.33 Å². The molecule has 2 rings (SSSR count). The van der Waals surface area contributed by atoms with Crippen molar-refractivity contribution in [1.29, 1.82) is 0 Å². The maximum absolute atomic E-state index is 9.67. The molecule has 96 valence electrons. The summed E-state index contributed by atoms with van der Waals surface area (Å²) in [4.78, 5) is 0. The van der Waals surface area contributed by atoms with Crippen molar-refractivity contribution in [3.05, 3.63) is 30.6 Å². The fourth-order valence-corrected chi connectivity index (χ4v) is 1.44. The second-order valence-electron chi connectivity index (χ2n) is 3.07. The third-order valence-corrected chi connectivity index (χ3v) is 1.99. The first-order valence-electron chi connectivity index (χ1n) is 4.34. The molecule has 0 fully saturated rings. The van der Waals surface area contributed by atoms with Crippen molar-refractivity contribution < 1.29 is 22.2 Å². The Morgan fingerprint density at radius 2 is 1.65 bits per heavy atom. The van der Waals surface area contributed by atoms with Crippen LogP contribution in [0.25, 0.3) is 11.0 Å². The molecule has 7 heteroatoms. The van der Waals surface area contributed by atoms with Crippen LogP contribution in [-0.4, -0.2) is 12.1 Å². The Morgan fingerprint density at radius 3 is 2.12 bits per heavy atom. The van der Waals surface area contributed by atoms with Crippen LogP contribution >= 0.6 is 0 Å². The molecule has 2 aromatic rings. The van der Waals surface area contributed by atoms with Gasteiger partial charge in [-0.15, -0.1) is 0 Å². The van der Waals surface area contributed by atoms with Gasteiger partial charge < -0.3 is 4.70 Å². The first-order valence-corrected chi connectivity index (χ1v) is 4.34. The Balaban J connectivity index is 0. The SMILES string of the molecule is C.Cn1c[n+](C)c2ccccc21.FB(F)F.[F-]. The molecule has 0 spiro atoms. The zero-order valence-corrected chi connectivity index (χ0v) is 8.87. The molecular weight excluding hydrogens is 235 g/mol. The van der Waals surface area contributed by atoms with Gasteiger partial charge >= 0.3 is 7.54 Å². The lowest BCUT2D eigenvalue weighted by atomic mass is 10.3. The van der Waals surface area contributed by atoms with E-state index >= 15 is 0 Å². The Labute approximate surface area is 98.3 Å². The minimum Gasteiger partial charge on any atom is -1.00 e. The van der Waals surface area contributed by atoms with Crippen molar-refractivity contribution in [2.45, 2.75) is 7.43 Å². The third-order valence-electron chi connectivity index (χ3n) is 1.99. The minimum absolute atomic E-state index is 0. The summed E-state index contributed by atoms with van der Waals surface area (Å²) in [5.74, 6) is 0. The highest BCUT2D eigenvalue weighted by Gasteiger charge is 2.07. The molecule has 0 aliphatic heterocycles. The van der Waals surface area contributed by atoms with E-state index in [0.29, 0.717) is 0 Å². The van der Waals surface area contributed by atoms with Crippen molar-refractivity contribution in [2.75, 3.05) is 0 Å². The van der Waals surface area contributed by atoms with Gasteiger partial charge in [-0.05, 0) is 12.1 Å². The molecule has 0 saturated heterocycles. The van der Waals surface area contributed by atoms with Crippen LogP contribution in [0.2, 0.25) is 0 Å². The van der Waals surface area contributed by atoms with Crippen LogP contribution in [-0.2, 0) is 14.1 Å². The number of hydrogen-bond donors (Lipinski definition) is 0. The van der Waals surface area contributed by atoms with Crippen molar-refractivity contribution >= 4 is 18.6 Å². The maximum atomic E-state index is 9.67. The van der Waals surface area contributed by atoms with E-state index in [1.54, 1.807) is 0 Å². The molecule has 0 bridgehead atoms. The predicted octanol–water partition coefficient (Wildman–Crippen LogP) is -0.477. The summed E-state index contributed by atoms with van der Waals surface area (Å²) in [5.41, 5.74) is 2.55. The first-order chi connectivity index (χ1) is 7.02. The van der Waals surface area contributed by atoms with Crippen LogP contribution < -0.4 is 9.27 Å². The number of halogens is 4. The third kappa shape index (κ3) is 4.88. The second-order valence-corrected chi connectivity index (χ2v) is 3.07.